The van der Waals surface area contributed by atoms with E-state index in [-0.39, 0.29) is 16.2 Å². The van der Waals surface area contributed by atoms with Gasteiger partial charge in [-0.3, -0.25) is 4.79 Å². The van der Waals surface area contributed by atoms with E-state index in [1.54, 1.807) is 35.7 Å². The van der Waals surface area contributed by atoms with E-state index in [0.717, 1.165) is 36.3 Å². The van der Waals surface area contributed by atoms with E-state index in [1.807, 2.05) is 12.1 Å². The van der Waals surface area contributed by atoms with Crippen LogP contribution in [0.3, 0.4) is 0 Å². The fraction of sp³-hybridized carbons (Fsp3) is 0.500. The molecular weight excluding hydrogens is 280 g/mol. The zero-order chi connectivity index (χ0) is 13.7. The van der Waals surface area contributed by atoms with Crippen LogP contribution in [0.5, 0.6) is 5.75 Å². The largest absolute Gasteiger partial charge is 0.508 e. The van der Waals surface area contributed by atoms with Crippen LogP contribution in [0.1, 0.15) is 24.8 Å². The van der Waals surface area contributed by atoms with Gasteiger partial charge >= 0.3 is 5.97 Å². The molecule has 1 aliphatic heterocycles. The van der Waals surface area contributed by atoms with Crippen LogP contribution in [-0.4, -0.2) is 31.8 Å². The molecule has 104 valence electrons. The molecule has 0 radical (unpaired) electrons. The molecule has 1 heterocycles. The van der Waals surface area contributed by atoms with Crippen LogP contribution in [0.2, 0.25) is 0 Å². The Morgan fingerprint density at radius 2 is 1.84 bits per heavy atom. The van der Waals surface area contributed by atoms with E-state index in [9.17, 15) is 9.90 Å². The van der Waals surface area contributed by atoms with Crippen molar-refractivity contribution < 1.29 is 15.0 Å². The highest BCUT2D eigenvalue weighted by Crippen LogP contribution is 2.47. The van der Waals surface area contributed by atoms with E-state index in [4.69, 9.17) is 5.11 Å². The summed E-state index contributed by atoms with van der Waals surface area (Å²) < 4.78 is -0.179. The Balaban J connectivity index is 1.99. The minimum atomic E-state index is -0.715. The van der Waals surface area contributed by atoms with Crippen molar-refractivity contribution in [1.29, 1.82) is 0 Å². The van der Waals surface area contributed by atoms with Crippen molar-refractivity contribution in [2.24, 2.45) is 0 Å². The minimum absolute atomic E-state index is 0.179. The number of rotatable bonds is 5. The summed E-state index contributed by atoms with van der Waals surface area (Å²) >= 11 is 3.59. The Bertz CT molecular complexity index is 425. The zero-order valence-corrected chi connectivity index (χ0v) is 12.3. The van der Waals surface area contributed by atoms with E-state index >= 15 is 0 Å². The average molecular weight is 298 g/mol. The summed E-state index contributed by atoms with van der Waals surface area (Å²) in [5.74, 6) is 1.66. The minimum Gasteiger partial charge on any atom is -0.508 e. The number of hydrogen-bond acceptors (Lipinski definition) is 4. The quantitative estimate of drug-likeness (QED) is 0.873. The molecule has 1 aliphatic rings. The van der Waals surface area contributed by atoms with Gasteiger partial charge in [-0.05, 0) is 48.5 Å². The first-order valence-corrected chi connectivity index (χ1v) is 8.34. The molecule has 0 bridgehead atoms. The first-order valence-electron chi connectivity index (χ1n) is 6.37. The number of phenolic OH excluding ortho intramolecular Hbond substituents is 1. The highest BCUT2D eigenvalue weighted by atomic mass is 32.2. The van der Waals surface area contributed by atoms with Crippen LogP contribution in [0, 0.1) is 0 Å². The number of thioether (sulfide) groups is 2. The second kappa shape index (κ2) is 6.57. The van der Waals surface area contributed by atoms with Gasteiger partial charge in [0.2, 0.25) is 0 Å². The van der Waals surface area contributed by atoms with Crippen LogP contribution >= 0.6 is 23.5 Å². The molecule has 19 heavy (non-hydrogen) atoms. The van der Waals surface area contributed by atoms with E-state index < -0.39 is 5.97 Å². The third-order valence-electron chi connectivity index (χ3n) is 3.17. The van der Waals surface area contributed by atoms with Gasteiger partial charge in [-0.25, -0.2) is 0 Å². The maximum Gasteiger partial charge on any atom is 0.305 e. The summed E-state index contributed by atoms with van der Waals surface area (Å²) in [6.45, 7) is 0. The van der Waals surface area contributed by atoms with Crippen LogP contribution in [0.15, 0.2) is 24.3 Å². The fourth-order valence-corrected chi connectivity index (χ4v) is 5.46. The summed E-state index contributed by atoms with van der Waals surface area (Å²) in [7, 11) is 0. The van der Waals surface area contributed by atoms with Gasteiger partial charge in [-0.15, -0.1) is 23.5 Å². The first-order chi connectivity index (χ1) is 9.10. The van der Waals surface area contributed by atoms with Crippen molar-refractivity contribution in [2.45, 2.75) is 29.8 Å². The number of carboxylic acids is 1. The Kier molecular flexibility index (Phi) is 5.05. The molecule has 2 N–H and O–H groups in total. The lowest BCUT2D eigenvalue weighted by atomic mass is 10.1. The van der Waals surface area contributed by atoms with Crippen molar-refractivity contribution in [2.75, 3.05) is 11.5 Å². The molecular formula is C14H18O3S2. The van der Waals surface area contributed by atoms with Crippen LogP contribution in [0.4, 0.5) is 0 Å². The van der Waals surface area contributed by atoms with Gasteiger partial charge in [0, 0.05) is 0 Å². The summed E-state index contributed by atoms with van der Waals surface area (Å²) in [5, 5.41) is 18.4. The molecule has 0 amide bonds. The predicted molar refractivity (Wildman–Crippen MR) is 80.9 cm³/mol. The smallest absolute Gasteiger partial charge is 0.305 e. The monoisotopic (exact) mass is 298 g/mol. The highest BCUT2D eigenvalue weighted by Gasteiger charge is 2.35. The summed E-state index contributed by atoms with van der Waals surface area (Å²) in [6.07, 6.45) is 3.10. The topological polar surface area (TPSA) is 57.5 Å². The zero-order valence-electron chi connectivity index (χ0n) is 10.7. The molecule has 2 rings (SSSR count). The van der Waals surface area contributed by atoms with Crippen molar-refractivity contribution in [3.8, 4) is 5.75 Å². The SMILES string of the molecule is O=C(O)CC1(CCc2ccc(O)cc2)SCCCS1. The third kappa shape index (κ3) is 4.35. The lowest BCUT2D eigenvalue weighted by Gasteiger charge is -2.35. The normalized spacial score (nSPS) is 18.1. The number of aryl methyl sites for hydroxylation is 1. The van der Waals surface area contributed by atoms with Crippen molar-refractivity contribution in [1.82, 2.24) is 0 Å². The van der Waals surface area contributed by atoms with Gasteiger partial charge in [0.25, 0.3) is 0 Å². The Hall–Kier alpha value is -0.810. The number of aromatic hydroxyl groups is 1. The van der Waals surface area contributed by atoms with Crippen LogP contribution in [-0.2, 0) is 11.2 Å². The van der Waals surface area contributed by atoms with Gasteiger partial charge in [-0.1, -0.05) is 12.1 Å². The molecule has 0 unspecified atom stereocenters. The van der Waals surface area contributed by atoms with Gasteiger partial charge in [0.1, 0.15) is 5.75 Å². The Morgan fingerprint density at radius 3 is 2.42 bits per heavy atom. The van der Waals surface area contributed by atoms with Crippen molar-refractivity contribution in [3.05, 3.63) is 29.8 Å². The molecule has 5 heteroatoms. The second-order valence-electron chi connectivity index (χ2n) is 4.70. The number of carbonyl (C=O) groups is 1. The van der Waals surface area contributed by atoms with E-state index in [2.05, 4.69) is 0 Å². The van der Waals surface area contributed by atoms with E-state index in [1.165, 1.54) is 0 Å². The standard InChI is InChI=1S/C14H18O3S2/c15-12-4-2-11(3-5-12)6-7-14(10-13(16)17)18-8-1-9-19-14/h2-5,15H,1,6-10H2,(H,16,17). The number of benzene rings is 1. The van der Waals surface area contributed by atoms with Gasteiger partial charge in [-0.2, -0.15) is 0 Å². The average Bonchev–Trinajstić information content (AvgIpc) is 2.38. The summed E-state index contributed by atoms with van der Waals surface area (Å²) in [5.41, 5.74) is 1.15. The third-order valence-corrected chi connectivity index (χ3v) is 6.61. The number of hydrogen-bond donors (Lipinski definition) is 2. The Morgan fingerprint density at radius 1 is 1.21 bits per heavy atom. The van der Waals surface area contributed by atoms with Gasteiger partial charge in [0.15, 0.2) is 0 Å². The first kappa shape index (κ1) is 14.6. The van der Waals surface area contributed by atoms with E-state index in [0.29, 0.717) is 0 Å². The van der Waals surface area contributed by atoms with Gasteiger partial charge < -0.3 is 10.2 Å². The second-order valence-corrected chi connectivity index (χ2v) is 7.91. The molecule has 0 aliphatic carbocycles. The molecule has 3 nitrogen and oxygen atoms in total. The van der Waals surface area contributed by atoms with Crippen LogP contribution < -0.4 is 0 Å². The molecule has 0 aromatic heterocycles. The summed E-state index contributed by atoms with van der Waals surface area (Å²) in [4.78, 5) is 11.1. The Labute approximate surface area is 121 Å². The van der Waals surface area contributed by atoms with Crippen LogP contribution in [0.25, 0.3) is 0 Å². The predicted octanol–water partition coefficient (Wildman–Crippen LogP) is 3.37. The number of carboxylic acid groups (broad SMARTS) is 1. The molecule has 1 aromatic carbocycles. The molecule has 1 saturated heterocycles. The lowest BCUT2D eigenvalue weighted by Crippen LogP contribution is -2.29. The highest BCUT2D eigenvalue weighted by molar-refractivity contribution is 8.18. The maximum atomic E-state index is 11.1. The molecule has 0 saturated carbocycles. The van der Waals surface area contributed by atoms with Crippen molar-refractivity contribution in [3.63, 3.8) is 0 Å². The lowest BCUT2D eigenvalue weighted by molar-refractivity contribution is -0.137. The maximum absolute atomic E-state index is 11.1. The van der Waals surface area contributed by atoms with Crippen molar-refractivity contribution >= 4 is 29.5 Å². The molecule has 1 fully saturated rings. The number of phenols is 1. The molecule has 1 aromatic rings. The fourth-order valence-electron chi connectivity index (χ4n) is 2.18. The molecule has 0 atom stereocenters. The van der Waals surface area contributed by atoms with Gasteiger partial charge in [0.05, 0.1) is 10.5 Å². The molecule has 0 spiro atoms. The number of aliphatic carboxylic acids is 1. The summed E-state index contributed by atoms with van der Waals surface area (Å²) in [6, 6.07) is 7.17.